The van der Waals surface area contributed by atoms with Crippen LogP contribution >= 0.6 is 0 Å². The molecule has 19 heavy (non-hydrogen) atoms. The summed E-state index contributed by atoms with van der Waals surface area (Å²) in [5.74, 6) is -1.32. The van der Waals surface area contributed by atoms with Crippen LogP contribution < -0.4 is 0 Å². The first kappa shape index (κ1) is 11.8. The highest BCUT2D eigenvalue weighted by atomic mass is 19.2. The summed E-state index contributed by atoms with van der Waals surface area (Å²) in [7, 11) is 1.81. The van der Waals surface area contributed by atoms with Gasteiger partial charge in [-0.1, -0.05) is 6.92 Å². The second-order valence-corrected chi connectivity index (χ2v) is 4.36. The van der Waals surface area contributed by atoms with E-state index in [-0.39, 0.29) is 5.52 Å². The Morgan fingerprint density at radius 2 is 2.11 bits per heavy atom. The molecule has 0 aliphatic heterocycles. The highest BCUT2D eigenvalue weighted by Crippen LogP contribution is 2.25. The van der Waals surface area contributed by atoms with Crippen molar-refractivity contribution in [2.75, 3.05) is 0 Å². The summed E-state index contributed by atoms with van der Waals surface area (Å²) in [4.78, 5) is 7.14. The minimum atomic E-state index is -0.929. The number of H-pyrrole nitrogens is 1. The number of hydrogen-bond acceptors (Lipinski definition) is 2. The molecule has 98 valence electrons. The Hall–Kier alpha value is -2.24. The maximum absolute atomic E-state index is 13.6. The van der Waals surface area contributed by atoms with Crippen molar-refractivity contribution in [3.05, 3.63) is 35.7 Å². The topological polar surface area (TPSA) is 46.5 Å². The van der Waals surface area contributed by atoms with Crippen molar-refractivity contribution in [2.24, 2.45) is 7.05 Å². The normalized spacial score (nSPS) is 11.4. The molecule has 3 rings (SSSR count). The standard InChI is InChI=1S/C13H12F2N4/c1-3-9-7(6-19(2)18-9)13-16-10-5-4-8(14)11(15)12(10)17-13/h4-6H,3H2,1-2H3,(H,16,17). The lowest BCUT2D eigenvalue weighted by atomic mass is 10.2. The minimum Gasteiger partial charge on any atom is -0.338 e. The van der Waals surface area contributed by atoms with E-state index in [0.717, 1.165) is 23.7 Å². The highest BCUT2D eigenvalue weighted by Gasteiger charge is 2.16. The number of aromatic nitrogens is 4. The number of fused-ring (bicyclic) bond motifs is 1. The fourth-order valence-corrected chi connectivity index (χ4v) is 2.14. The van der Waals surface area contributed by atoms with E-state index >= 15 is 0 Å². The largest absolute Gasteiger partial charge is 0.338 e. The smallest absolute Gasteiger partial charge is 0.186 e. The van der Waals surface area contributed by atoms with Gasteiger partial charge in [0.15, 0.2) is 11.6 Å². The third-order valence-corrected chi connectivity index (χ3v) is 3.04. The van der Waals surface area contributed by atoms with E-state index in [4.69, 9.17) is 0 Å². The Kier molecular flexibility index (Phi) is 2.58. The van der Waals surface area contributed by atoms with Crippen LogP contribution in [0, 0.1) is 11.6 Å². The van der Waals surface area contributed by atoms with E-state index in [0.29, 0.717) is 11.3 Å². The summed E-state index contributed by atoms with van der Waals surface area (Å²) in [6.07, 6.45) is 2.55. The minimum absolute atomic E-state index is 0.0147. The molecule has 0 saturated carbocycles. The summed E-state index contributed by atoms with van der Waals surface area (Å²) in [6.45, 7) is 1.98. The molecule has 0 amide bonds. The summed E-state index contributed by atoms with van der Waals surface area (Å²) in [5, 5.41) is 4.30. The molecule has 0 bridgehead atoms. The average Bonchev–Trinajstić information content (AvgIpc) is 2.97. The van der Waals surface area contributed by atoms with Gasteiger partial charge >= 0.3 is 0 Å². The van der Waals surface area contributed by atoms with Crippen LogP contribution in [-0.2, 0) is 13.5 Å². The first-order chi connectivity index (χ1) is 9.10. The van der Waals surface area contributed by atoms with Crippen LogP contribution in [-0.4, -0.2) is 19.7 Å². The number of benzene rings is 1. The molecule has 3 aromatic rings. The molecule has 0 fully saturated rings. The quantitative estimate of drug-likeness (QED) is 0.772. The molecule has 0 atom stereocenters. The monoisotopic (exact) mass is 262 g/mol. The molecule has 2 aromatic heterocycles. The number of imidazole rings is 1. The molecule has 2 heterocycles. The van der Waals surface area contributed by atoms with Crippen LogP contribution in [0.1, 0.15) is 12.6 Å². The lowest BCUT2D eigenvalue weighted by Gasteiger charge is -1.93. The predicted molar refractivity (Wildman–Crippen MR) is 67.6 cm³/mol. The zero-order chi connectivity index (χ0) is 13.6. The van der Waals surface area contributed by atoms with E-state index in [1.165, 1.54) is 6.07 Å². The molecule has 4 nitrogen and oxygen atoms in total. The Balaban J connectivity index is 2.23. The molecule has 0 unspecified atom stereocenters. The van der Waals surface area contributed by atoms with Gasteiger partial charge in [0, 0.05) is 13.2 Å². The molecule has 6 heteroatoms. The van der Waals surface area contributed by atoms with Gasteiger partial charge in [0.05, 0.1) is 16.8 Å². The van der Waals surface area contributed by atoms with Crippen molar-refractivity contribution in [1.82, 2.24) is 19.7 Å². The lowest BCUT2D eigenvalue weighted by Crippen LogP contribution is -1.89. The van der Waals surface area contributed by atoms with Gasteiger partial charge in [0.25, 0.3) is 0 Å². The SMILES string of the molecule is CCc1nn(C)cc1-c1nc2c(F)c(F)ccc2[nH]1. The predicted octanol–water partition coefficient (Wildman–Crippen LogP) is 2.80. The highest BCUT2D eigenvalue weighted by molar-refractivity contribution is 5.80. The zero-order valence-corrected chi connectivity index (χ0v) is 10.5. The second kappa shape index (κ2) is 4.15. The van der Waals surface area contributed by atoms with Gasteiger partial charge in [0.2, 0.25) is 0 Å². The van der Waals surface area contributed by atoms with Crippen molar-refractivity contribution < 1.29 is 8.78 Å². The molecule has 1 aromatic carbocycles. The van der Waals surface area contributed by atoms with Gasteiger partial charge in [-0.25, -0.2) is 13.8 Å². The Morgan fingerprint density at radius 1 is 1.32 bits per heavy atom. The summed E-state index contributed by atoms with van der Waals surface area (Å²) < 4.78 is 28.5. The maximum atomic E-state index is 13.6. The fourth-order valence-electron chi connectivity index (χ4n) is 2.14. The number of nitrogens with one attached hydrogen (secondary N) is 1. The number of halogens is 2. The molecule has 0 aliphatic carbocycles. The number of aryl methyl sites for hydroxylation is 2. The van der Waals surface area contributed by atoms with Crippen LogP contribution in [0.4, 0.5) is 8.78 Å². The van der Waals surface area contributed by atoms with Gasteiger partial charge in [0.1, 0.15) is 11.3 Å². The second-order valence-electron chi connectivity index (χ2n) is 4.36. The molecule has 0 spiro atoms. The van der Waals surface area contributed by atoms with Gasteiger partial charge in [-0.15, -0.1) is 0 Å². The van der Waals surface area contributed by atoms with E-state index < -0.39 is 11.6 Å². The first-order valence-electron chi connectivity index (χ1n) is 5.96. The van der Waals surface area contributed by atoms with Gasteiger partial charge in [-0.05, 0) is 18.6 Å². The molecular weight excluding hydrogens is 250 g/mol. The molecule has 0 saturated heterocycles. The van der Waals surface area contributed by atoms with Crippen molar-refractivity contribution in [3.8, 4) is 11.4 Å². The van der Waals surface area contributed by atoms with Crippen LogP contribution in [0.25, 0.3) is 22.4 Å². The van der Waals surface area contributed by atoms with Crippen molar-refractivity contribution in [1.29, 1.82) is 0 Å². The van der Waals surface area contributed by atoms with Crippen LogP contribution in [0.3, 0.4) is 0 Å². The van der Waals surface area contributed by atoms with E-state index in [1.54, 1.807) is 4.68 Å². The maximum Gasteiger partial charge on any atom is 0.186 e. The Morgan fingerprint density at radius 3 is 2.84 bits per heavy atom. The Bertz CT molecular complexity index is 757. The summed E-state index contributed by atoms with van der Waals surface area (Å²) in [5.41, 5.74) is 2.16. The third-order valence-electron chi connectivity index (χ3n) is 3.04. The number of nitrogens with zero attached hydrogens (tertiary/aromatic N) is 3. The number of aromatic amines is 1. The van der Waals surface area contributed by atoms with Crippen molar-refractivity contribution >= 4 is 11.0 Å². The fraction of sp³-hybridized carbons (Fsp3) is 0.231. The van der Waals surface area contributed by atoms with Crippen molar-refractivity contribution in [3.63, 3.8) is 0 Å². The lowest BCUT2D eigenvalue weighted by molar-refractivity contribution is 0.515. The first-order valence-corrected chi connectivity index (χ1v) is 5.96. The number of rotatable bonds is 2. The molecule has 0 radical (unpaired) electrons. The van der Waals surface area contributed by atoms with E-state index in [1.807, 2.05) is 20.2 Å². The summed E-state index contributed by atoms with van der Waals surface area (Å²) in [6, 6.07) is 2.57. The molecular formula is C13H12F2N4. The van der Waals surface area contributed by atoms with Crippen LogP contribution in [0.15, 0.2) is 18.3 Å². The average molecular weight is 262 g/mol. The zero-order valence-electron chi connectivity index (χ0n) is 10.5. The van der Waals surface area contributed by atoms with Crippen molar-refractivity contribution in [2.45, 2.75) is 13.3 Å². The number of hydrogen-bond donors (Lipinski definition) is 1. The molecule has 1 N–H and O–H groups in total. The van der Waals surface area contributed by atoms with Gasteiger partial charge < -0.3 is 4.98 Å². The van der Waals surface area contributed by atoms with Crippen LogP contribution in [0.2, 0.25) is 0 Å². The molecule has 0 aliphatic rings. The third kappa shape index (κ3) is 1.80. The van der Waals surface area contributed by atoms with Gasteiger partial charge in [-0.2, -0.15) is 5.10 Å². The van der Waals surface area contributed by atoms with Gasteiger partial charge in [-0.3, -0.25) is 4.68 Å². The van der Waals surface area contributed by atoms with E-state index in [2.05, 4.69) is 15.1 Å². The van der Waals surface area contributed by atoms with Crippen LogP contribution in [0.5, 0.6) is 0 Å². The summed E-state index contributed by atoms with van der Waals surface area (Å²) >= 11 is 0. The Labute approximate surface area is 108 Å². The van der Waals surface area contributed by atoms with E-state index in [9.17, 15) is 8.78 Å².